The van der Waals surface area contributed by atoms with Crippen LogP contribution >= 0.6 is 11.8 Å². The number of esters is 1. The van der Waals surface area contributed by atoms with E-state index in [4.69, 9.17) is 4.74 Å². The van der Waals surface area contributed by atoms with E-state index in [1.54, 1.807) is 0 Å². The van der Waals surface area contributed by atoms with Crippen molar-refractivity contribution in [1.29, 1.82) is 0 Å². The smallest absolute Gasteiger partial charge is 0.308 e. The SMILES string of the molecule is COC(=O)C1CCCC(NCC2(SC)CCC2)C1. The van der Waals surface area contributed by atoms with Gasteiger partial charge in [-0.3, -0.25) is 4.79 Å². The van der Waals surface area contributed by atoms with Crippen LogP contribution in [0.1, 0.15) is 44.9 Å². The lowest BCUT2D eigenvalue weighted by Crippen LogP contribution is -2.48. The number of hydrogen-bond acceptors (Lipinski definition) is 4. The average Bonchev–Trinajstić information content (AvgIpc) is 2.37. The van der Waals surface area contributed by atoms with Gasteiger partial charge >= 0.3 is 5.97 Å². The molecule has 104 valence electrons. The minimum atomic E-state index is -0.0234. The molecule has 0 saturated heterocycles. The predicted octanol–water partition coefficient (Wildman–Crippen LogP) is 2.59. The van der Waals surface area contributed by atoms with Gasteiger partial charge in [0.15, 0.2) is 0 Å². The third-order valence-electron chi connectivity index (χ3n) is 4.62. The van der Waals surface area contributed by atoms with Crippen LogP contribution in [0.3, 0.4) is 0 Å². The fourth-order valence-corrected chi connectivity index (χ4v) is 4.04. The lowest BCUT2D eigenvalue weighted by Gasteiger charge is -2.42. The summed E-state index contributed by atoms with van der Waals surface area (Å²) in [7, 11) is 1.50. The molecule has 0 aliphatic heterocycles. The number of thioether (sulfide) groups is 1. The van der Waals surface area contributed by atoms with Crippen LogP contribution in [0.2, 0.25) is 0 Å². The number of hydrogen-bond donors (Lipinski definition) is 1. The number of rotatable bonds is 5. The van der Waals surface area contributed by atoms with Crippen LogP contribution in [0.5, 0.6) is 0 Å². The largest absolute Gasteiger partial charge is 0.469 e. The molecule has 4 heteroatoms. The molecule has 0 bridgehead atoms. The molecule has 0 aromatic carbocycles. The van der Waals surface area contributed by atoms with Gasteiger partial charge in [-0.05, 0) is 38.4 Å². The Kier molecular flexibility index (Phi) is 4.96. The first kappa shape index (κ1) is 14.2. The van der Waals surface area contributed by atoms with E-state index in [0.29, 0.717) is 10.8 Å². The molecule has 2 aliphatic carbocycles. The van der Waals surface area contributed by atoms with Gasteiger partial charge in [-0.25, -0.2) is 0 Å². The Morgan fingerprint density at radius 1 is 1.39 bits per heavy atom. The minimum Gasteiger partial charge on any atom is -0.469 e. The third-order valence-corrected chi connectivity index (χ3v) is 6.04. The van der Waals surface area contributed by atoms with Crippen LogP contribution in [0.15, 0.2) is 0 Å². The topological polar surface area (TPSA) is 38.3 Å². The lowest BCUT2D eigenvalue weighted by atomic mass is 9.82. The number of methoxy groups -OCH3 is 1. The summed E-state index contributed by atoms with van der Waals surface area (Å²) in [6.07, 6.45) is 10.6. The average molecular weight is 271 g/mol. The van der Waals surface area contributed by atoms with Crippen LogP contribution in [-0.4, -0.2) is 36.7 Å². The summed E-state index contributed by atoms with van der Waals surface area (Å²) in [6, 6.07) is 0.507. The maximum atomic E-state index is 11.6. The second-order valence-corrected chi connectivity index (χ2v) is 6.98. The van der Waals surface area contributed by atoms with Gasteiger partial charge in [0.05, 0.1) is 13.0 Å². The molecule has 2 atom stereocenters. The molecule has 0 aromatic heterocycles. The fourth-order valence-electron chi connectivity index (χ4n) is 3.11. The Balaban J connectivity index is 1.77. The zero-order valence-corrected chi connectivity index (χ0v) is 12.4. The highest BCUT2D eigenvalue weighted by molar-refractivity contribution is 8.00. The van der Waals surface area contributed by atoms with E-state index in [1.165, 1.54) is 32.8 Å². The minimum absolute atomic E-state index is 0.0234. The Hall–Kier alpha value is -0.220. The number of nitrogens with one attached hydrogen (secondary N) is 1. The number of carbonyl (C=O) groups excluding carboxylic acids is 1. The molecule has 0 amide bonds. The summed E-state index contributed by atoms with van der Waals surface area (Å²) in [5.74, 6) is 0.0950. The lowest BCUT2D eigenvalue weighted by molar-refractivity contribution is -0.146. The van der Waals surface area contributed by atoms with E-state index in [-0.39, 0.29) is 11.9 Å². The van der Waals surface area contributed by atoms with Crippen molar-refractivity contribution in [2.45, 2.75) is 55.7 Å². The highest BCUT2D eigenvalue weighted by Crippen LogP contribution is 2.42. The van der Waals surface area contributed by atoms with Crippen LogP contribution < -0.4 is 5.32 Å². The first-order valence-electron chi connectivity index (χ1n) is 7.05. The normalized spacial score (nSPS) is 30.6. The first-order valence-corrected chi connectivity index (χ1v) is 8.28. The molecule has 1 N–H and O–H groups in total. The van der Waals surface area contributed by atoms with Crippen molar-refractivity contribution in [3.8, 4) is 0 Å². The van der Waals surface area contributed by atoms with Crippen molar-refractivity contribution in [2.75, 3.05) is 19.9 Å². The Morgan fingerprint density at radius 2 is 2.17 bits per heavy atom. The Morgan fingerprint density at radius 3 is 2.72 bits per heavy atom. The van der Waals surface area contributed by atoms with Gasteiger partial charge in [0, 0.05) is 17.3 Å². The van der Waals surface area contributed by atoms with E-state index >= 15 is 0 Å². The molecule has 18 heavy (non-hydrogen) atoms. The van der Waals surface area contributed by atoms with Gasteiger partial charge in [-0.15, -0.1) is 0 Å². The van der Waals surface area contributed by atoms with Gasteiger partial charge < -0.3 is 10.1 Å². The molecular weight excluding hydrogens is 246 g/mol. The molecule has 0 heterocycles. The molecule has 3 nitrogen and oxygen atoms in total. The molecule has 2 fully saturated rings. The van der Waals surface area contributed by atoms with Crippen molar-refractivity contribution in [3.05, 3.63) is 0 Å². The molecule has 2 saturated carbocycles. The van der Waals surface area contributed by atoms with Gasteiger partial charge in [0.2, 0.25) is 0 Å². The maximum Gasteiger partial charge on any atom is 0.308 e. The zero-order chi connectivity index (χ0) is 13.0. The Labute approximate surface area is 114 Å². The van der Waals surface area contributed by atoms with Gasteiger partial charge in [0.25, 0.3) is 0 Å². The Bertz CT molecular complexity index is 286. The van der Waals surface area contributed by atoms with E-state index in [9.17, 15) is 4.79 Å². The summed E-state index contributed by atoms with van der Waals surface area (Å²) in [5.41, 5.74) is 0. The maximum absolute atomic E-state index is 11.6. The number of carbonyl (C=O) groups is 1. The van der Waals surface area contributed by atoms with Crippen LogP contribution in [0.25, 0.3) is 0 Å². The molecule has 2 rings (SSSR count). The quantitative estimate of drug-likeness (QED) is 0.780. The second kappa shape index (κ2) is 6.29. The monoisotopic (exact) mass is 271 g/mol. The first-order chi connectivity index (χ1) is 8.69. The molecule has 0 aromatic rings. The van der Waals surface area contributed by atoms with E-state index in [1.807, 2.05) is 11.8 Å². The zero-order valence-electron chi connectivity index (χ0n) is 11.5. The fraction of sp³-hybridized carbons (Fsp3) is 0.929. The standard InChI is InChI=1S/C14H25NO2S/c1-17-13(16)11-5-3-6-12(9-11)15-10-14(18-2)7-4-8-14/h11-12,15H,3-10H2,1-2H3. The van der Waals surface area contributed by atoms with Gasteiger partial charge in [0.1, 0.15) is 0 Å². The van der Waals surface area contributed by atoms with Crippen LogP contribution in [-0.2, 0) is 9.53 Å². The van der Waals surface area contributed by atoms with Gasteiger partial charge in [-0.1, -0.05) is 12.8 Å². The summed E-state index contributed by atoms with van der Waals surface area (Å²) in [5, 5.41) is 3.70. The molecule has 0 radical (unpaired) electrons. The van der Waals surface area contributed by atoms with Crippen molar-refractivity contribution >= 4 is 17.7 Å². The molecular formula is C14H25NO2S. The van der Waals surface area contributed by atoms with E-state index in [0.717, 1.165) is 25.8 Å². The molecule has 2 unspecified atom stereocenters. The highest BCUT2D eigenvalue weighted by Gasteiger charge is 2.37. The van der Waals surface area contributed by atoms with Crippen molar-refractivity contribution in [1.82, 2.24) is 5.32 Å². The molecule has 0 spiro atoms. The highest BCUT2D eigenvalue weighted by atomic mass is 32.2. The summed E-state index contributed by atoms with van der Waals surface area (Å²) >= 11 is 2.01. The third kappa shape index (κ3) is 3.21. The van der Waals surface area contributed by atoms with Gasteiger partial charge in [-0.2, -0.15) is 11.8 Å². The van der Waals surface area contributed by atoms with Crippen molar-refractivity contribution in [2.24, 2.45) is 5.92 Å². The summed E-state index contributed by atoms with van der Waals surface area (Å²) in [4.78, 5) is 11.6. The predicted molar refractivity (Wildman–Crippen MR) is 75.9 cm³/mol. The summed E-state index contributed by atoms with van der Waals surface area (Å²) in [6.45, 7) is 1.10. The molecule has 2 aliphatic rings. The second-order valence-electron chi connectivity index (χ2n) is 5.71. The van der Waals surface area contributed by atoms with Crippen LogP contribution in [0.4, 0.5) is 0 Å². The van der Waals surface area contributed by atoms with Crippen molar-refractivity contribution < 1.29 is 9.53 Å². The van der Waals surface area contributed by atoms with Crippen LogP contribution in [0, 0.1) is 5.92 Å². The number of ether oxygens (including phenoxy) is 1. The van der Waals surface area contributed by atoms with Crippen molar-refractivity contribution in [3.63, 3.8) is 0 Å². The van der Waals surface area contributed by atoms with E-state index < -0.39 is 0 Å². The summed E-state index contributed by atoms with van der Waals surface area (Å²) < 4.78 is 5.35. The van der Waals surface area contributed by atoms with E-state index in [2.05, 4.69) is 11.6 Å².